The molecule has 2 heterocycles. The average Bonchev–Trinajstić information content (AvgIpc) is 2.99. The standard InChI is InChI=1S/C20H21N3O4/c1-20(13-7-3-5-9-15(13)26-2)17-11-22(12-18(21)24)19(25)23(17)14-8-4-6-10-16(14)27-20/h3-10,17H,11-12H2,1-2H3,(H2,21,24). The molecule has 2 aliphatic rings. The maximum absolute atomic E-state index is 13.1. The largest absolute Gasteiger partial charge is 0.496 e. The minimum absolute atomic E-state index is 0.129. The molecule has 0 saturated carbocycles. The van der Waals surface area contributed by atoms with Crippen LogP contribution in [0.15, 0.2) is 48.5 Å². The molecule has 3 amide bonds. The fraction of sp³-hybridized carbons (Fsp3) is 0.300. The molecular formula is C20H21N3O4. The molecule has 7 nitrogen and oxygen atoms in total. The molecule has 2 N–H and O–H groups in total. The number of hydrogen-bond acceptors (Lipinski definition) is 4. The van der Waals surface area contributed by atoms with Crippen LogP contribution in [0.4, 0.5) is 10.5 Å². The molecule has 0 aliphatic carbocycles. The normalized spacial score (nSPS) is 23.5. The third-order valence-electron chi connectivity index (χ3n) is 5.25. The lowest BCUT2D eigenvalue weighted by Crippen LogP contribution is -2.54. The summed E-state index contributed by atoms with van der Waals surface area (Å²) in [5, 5.41) is 0. The molecule has 2 aromatic rings. The molecule has 1 saturated heterocycles. The Kier molecular flexibility index (Phi) is 3.95. The summed E-state index contributed by atoms with van der Waals surface area (Å²) < 4.78 is 12.0. The fourth-order valence-electron chi connectivity index (χ4n) is 3.99. The van der Waals surface area contributed by atoms with Crippen LogP contribution in [0.3, 0.4) is 0 Å². The first-order chi connectivity index (χ1) is 13.0. The van der Waals surface area contributed by atoms with Crippen LogP contribution >= 0.6 is 0 Å². The number of nitrogens with two attached hydrogens (primary N) is 1. The van der Waals surface area contributed by atoms with E-state index in [0.717, 1.165) is 5.56 Å². The molecule has 0 aromatic heterocycles. The molecule has 7 heteroatoms. The highest BCUT2D eigenvalue weighted by molar-refractivity contribution is 5.99. The van der Waals surface area contributed by atoms with Crippen molar-refractivity contribution in [3.8, 4) is 11.5 Å². The Labute approximate surface area is 157 Å². The molecule has 2 atom stereocenters. The van der Waals surface area contributed by atoms with Crippen LogP contribution in [0.25, 0.3) is 0 Å². The van der Waals surface area contributed by atoms with Crippen molar-refractivity contribution in [2.24, 2.45) is 5.73 Å². The summed E-state index contributed by atoms with van der Waals surface area (Å²) >= 11 is 0. The Balaban J connectivity index is 1.87. The highest BCUT2D eigenvalue weighted by Crippen LogP contribution is 2.49. The van der Waals surface area contributed by atoms with Crippen molar-refractivity contribution < 1.29 is 19.1 Å². The van der Waals surface area contributed by atoms with Gasteiger partial charge < -0.3 is 20.1 Å². The predicted octanol–water partition coefficient (Wildman–Crippen LogP) is 2.10. The van der Waals surface area contributed by atoms with Crippen LogP contribution in [0.5, 0.6) is 11.5 Å². The maximum atomic E-state index is 13.1. The number of urea groups is 1. The van der Waals surface area contributed by atoms with Gasteiger partial charge in [-0.05, 0) is 25.1 Å². The molecule has 2 aliphatic heterocycles. The second-order valence-electron chi connectivity index (χ2n) is 6.89. The van der Waals surface area contributed by atoms with Gasteiger partial charge in [0.05, 0.1) is 12.8 Å². The first-order valence-electron chi connectivity index (χ1n) is 8.73. The fourth-order valence-corrected chi connectivity index (χ4v) is 3.99. The Morgan fingerprint density at radius 2 is 1.96 bits per heavy atom. The second-order valence-corrected chi connectivity index (χ2v) is 6.89. The van der Waals surface area contributed by atoms with Gasteiger partial charge in [-0.1, -0.05) is 30.3 Å². The number of para-hydroxylation sites is 3. The van der Waals surface area contributed by atoms with E-state index < -0.39 is 11.5 Å². The number of nitrogens with zero attached hydrogens (tertiary/aromatic N) is 2. The number of amides is 3. The van der Waals surface area contributed by atoms with Crippen molar-refractivity contribution in [1.82, 2.24) is 4.90 Å². The van der Waals surface area contributed by atoms with Gasteiger partial charge >= 0.3 is 6.03 Å². The lowest BCUT2D eigenvalue weighted by molar-refractivity contribution is -0.118. The SMILES string of the molecule is COc1ccccc1C1(C)Oc2ccccc2N2C(=O)N(CC(N)=O)CC21. The number of fused-ring (bicyclic) bond motifs is 3. The molecule has 4 rings (SSSR count). The van der Waals surface area contributed by atoms with Crippen molar-refractivity contribution in [2.75, 3.05) is 25.1 Å². The van der Waals surface area contributed by atoms with Crippen LogP contribution in [-0.4, -0.2) is 43.1 Å². The van der Waals surface area contributed by atoms with E-state index in [9.17, 15) is 9.59 Å². The molecule has 2 aromatic carbocycles. The van der Waals surface area contributed by atoms with Gasteiger partial charge in [0.25, 0.3) is 0 Å². The highest BCUT2D eigenvalue weighted by atomic mass is 16.5. The minimum Gasteiger partial charge on any atom is -0.496 e. The Hall–Kier alpha value is -3.22. The summed E-state index contributed by atoms with van der Waals surface area (Å²) in [4.78, 5) is 27.7. The van der Waals surface area contributed by atoms with Crippen molar-refractivity contribution in [3.63, 3.8) is 0 Å². The van der Waals surface area contributed by atoms with E-state index >= 15 is 0 Å². The number of anilines is 1. The number of benzene rings is 2. The van der Waals surface area contributed by atoms with Crippen molar-refractivity contribution in [2.45, 2.75) is 18.6 Å². The molecule has 140 valence electrons. The summed E-state index contributed by atoms with van der Waals surface area (Å²) in [6, 6.07) is 14.4. The number of carbonyl (C=O) groups is 2. The molecule has 0 spiro atoms. The number of carbonyl (C=O) groups excluding carboxylic acids is 2. The first-order valence-corrected chi connectivity index (χ1v) is 8.73. The van der Waals surface area contributed by atoms with Gasteiger partial charge in [-0.2, -0.15) is 0 Å². The lowest BCUT2D eigenvalue weighted by atomic mass is 9.85. The number of rotatable bonds is 4. The maximum Gasteiger partial charge on any atom is 0.325 e. The quantitative estimate of drug-likeness (QED) is 0.897. The van der Waals surface area contributed by atoms with Gasteiger partial charge in [-0.3, -0.25) is 9.69 Å². The molecule has 1 fully saturated rings. The van der Waals surface area contributed by atoms with Gasteiger partial charge in [0, 0.05) is 12.1 Å². The minimum atomic E-state index is -0.858. The monoisotopic (exact) mass is 367 g/mol. The van der Waals surface area contributed by atoms with E-state index in [1.54, 1.807) is 12.0 Å². The Morgan fingerprint density at radius 3 is 2.70 bits per heavy atom. The van der Waals surface area contributed by atoms with E-state index in [4.69, 9.17) is 15.2 Å². The first kappa shape index (κ1) is 17.2. The third-order valence-corrected chi connectivity index (χ3v) is 5.25. The Bertz CT molecular complexity index is 916. The molecular weight excluding hydrogens is 346 g/mol. The van der Waals surface area contributed by atoms with E-state index in [1.165, 1.54) is 4.90 Å². The van der Waals surface area contributed by atoms with Gasteiger partial charge in [-0.15, -0.1) is 0 Å². The van der Waals surface area contributed by atoms with Gasteiger partial charge in [0.1, 0.15) is 24.1 Å². The number of primary amides is 1. The van der Waals surface area contributed by atoms with Gasteiger partial charge in [0.2, 0.25) is 5.91 Å². The summed E-state index contributed by atoms with van der Waals surface area (Å²) in [5.74, 6) is 0.743. The summed E-state index contributed by atoms with van der Waals surface area (Å²) in [6.07, 6.45) is 0. The topological polar surface area (TPSA) is 85.1 Å². The van der Waals surface area contributed by atoms with Crippen molar-refractivity contribution in [1.29, 1.82) is 0 Å². The van der Waals surface area contributed by atoms with Gasteiger partial charge in [-0.25, -0.2) is 4.79 Å². The molecule has 0 radical (unpaired) electrons. The zero-order valence-electron chi connectivity index (χ0n) is 15.2. The zero-order valence-corrected chi connectivity index (χ0v) is 15.2. The molecule has 2 unspecified atom stereocenters. The van der Waals surface area contributed by atoms with Crippen LogP contribution in [0.2, 0.25) is 0 Å². The third kappa shape index (κ3) is 2.58. The van der Waals surface area contributed by atoms with Crippen molar-refractivity contribution >= 4 is 17.6 Å². The summed E-state index contributed by atoms with van der Waals surface area (Å²) in [5.41, 5.74) is 6.01. The number of methoxy groups -OCH3 is 1. The second kappa shape index (κ2) is 6.19. The zero-order chi connectivity index (χ0) is 19.2. The van der Waals surface area contributed by atoms with Crippen LogP contribution in [0, 0.1) is 0 Å². The lowest BCUT2D eigenvalue weighted by Gasteiger charge is -2.45. The molecule has 0 bridgehead atoms. The van der Waals surface area contributed by atoms with E-state index in [-0.39, 0.29) is 18.6 Å². The van der Waals surface area contributed by atoms with Gasteiger partial charge in [0.15, 0.2) is 5.60 Å². The Morgan fingerprint density at radius 1 is 1.26 bits per heavy atom. The number of hydrogen-bond donors (Lipinski definition) is 1. The highest BCUT2D eigenvalue weighted by Gasteiger charge is 2.55. The van der Waals surface area contributed by atoms with E-state index in [1.807, 2.05) is 55.5 Å². The molecule has 27 heavy (non-hydrogen) atoms. The van der Waals surface area contributed by atoms with Crippen LogP contribution in [0.1, 0.15) is 12.5 Å². The smallest absolute Gasteiger partial charge is 0.325 e. The summed E-state index contributed by atoms with van der Waals surface area (Å²) in [6.45, 7) is 2.14. The average molecular weight is 367 g/mol. The summed E-state index contributed by atoms with van der Waals surface area (Å²) in [7, 11) is 1.61. The van der Waals surface area contributed by atoms with Crippen molar-refractivity contribution in [3.05, 3.63) is 54.1 Å². The number of ether oxygens (including phenoxy) is 2. The van der Waals surface area contributed by atoms with Crippen LogP contribution in [-0.2, 0) is 10.4 Å². The van der Waals surface area contributed by atoms with Crippen LogP contribution < -0.4 is 20.1 Å². The predicted molar refractivity (Wildman–Crippen MR) is 99.8 cm³/mol. The van der Waals surface area contributed by atoms with E-state index in [0.29, 0.717) is 23.7 Å². The van der Waals surface area contributed by atoms with E-state index in [2.05, 4.69) is 0 Å².